The second-order valence-electron chi connectivity index (χ2n) is 5.75. The van der Waals surface area contributed by atoms with E-state index in [9.17, 15) is 4.79 Å². The molecule has 0 bridgehead atoms. The van der Waals surface area contributed by atoms with Crippen LogP contribution in [-0.2, 0) is 16.1 Å². The van der Waals surface area contributed by atoms with Gasteiger partial charge in [-0.15, -0.1) is 10.2 Å². The van der Waals surface area contributed by atoms with Crippen LogP contribution in [0.4, 0.5) is 5.69 Å². The molecular formula is C17H22N4O5S. The monoisotopic (exact) mass is 394 g/mol. The Bertz CT molecular complexity index is 764. The molecule has 2 aromatic rings. The number of thioether (sulfide) groups is 1. The predicted molar refractivity (Wildman–Crippen MR) is 99.3 cm³/mol. The molecule has 0 unspecified atom stereocenters. The van der Waals surface area contributed by atoms with Gasteiger partial charge in [0.1, 0.15) is 11.5 Å². The Balaban J connectivity index is 1.49. The summed E-state index contributed by atoms with van der Waals surface area (Å²) >= 11 is 1.19. The van der Waals surface area contributed by atoms with Gasteiger partial charge in [-0.05, 0) is 12.1 Å². The van der Waals surface area contributed by atoms with Gasteiger partial charge in [-0.2, -0.15) is 0 Å². The molecule has 27 heavy (non-hydrogen) atoms. The maximum Gasteiger partial charge on any atom is 0.277 e. The first-order valence-corrected chi connectivity index (χ1v) is 9.43. The first-order valence-electron chi connectivity index (χ1n) is 8.45. The second kappa shape index (κ2) is 9.58. The molecule has 0 aliphatic carbocycles. The Morgan fingerprint density at radius 1 is 1.26 bits per heavy atom. The van der Waals surface area contributed by atoms with Crippen LogP contribution in [0.25, 0.3) is 0 Å². The van der Waals surface area contributed by atoms with E-state index in [1.165, 1.54) is 18.9 Å². The van der Waals surface area contributed by atoms with Gasteiger partial charge >= 0.3 is 0 Å². The molecular weight excluding hydrogens is 372 g/mol. The smallest absolute Gasteiger partial charge is 0.277 e. The van der Waals surface area contributed by atoms with Crippen molar-refractivity contribution in [3.8, 4) is 11.5 Å². The fraction of sp³-hybridized carbons (Fsp3) is 0.471. The number of nitrogens with zero attached hydrogens (tertiary/aromatic N) is 3. The summed E-state index contributed by atoms with van der Waals surface area (Å²) in [6, 6.07) is 5.19. The number of hydrogen-bond acceptors (Lipinski definition) is 9. The zero-order chi connectivity index (χ0) is 19.1. The van der Waals surface area contributed by atoms with Gasteiger partial charge in [-0.25, -0.2) is 0 Å². The lowest BCUT2D eigenvalue weighted by Gasteiger charge is -2.24. The van der Waals surface area contributed by atoms with Crippen molar-refractivity contribution in [1.29, 1.82) is 0 Å². The van der Waals surface area contributed by atoms with Gasteiger partial charge in [0.25, 0.3) is 5.22 Å². The topological polar surface area (TPSA) is 99.0 Å². The number of benzene rings is 1. The number of ether oxygens (including phenoxy) is 3. The third kappa shape index (κ3) is 5.59. The molecule has 0 spiro atoms. The SMILES string of the molecule is COc1ccc(NC(=O)CSc2nnc(CN3CCOCC3)o2)c(OC)c1. The molecule has 1 aliphatic rings. The highest BCUT2D eigenvalue weighted by Gasteiger charge is 2.16. The molecule has 1 fully saturated rings. The highest BCUT2D eigenvalue weighted by atomic mass is 32.2. The molecule has 0 atom stereocenters. The van der Waals surface area contributed by atoms with E-state index in [1.54, 1.807) is 25.3 Å². The zero-order valence-corrected chi connectivity index (χ0v) is 16.1. The van der Waals surface area contributed by atoms with E-state index in [0.717, 1.165) is 13.1 Å². The lowest BCUT2D eigenvalue weighted by molar-refractivity contribution is -0.113. The molecule has 1 aromatic carbocycles. The van der Waals surface area contributed by atoms with Gasteiger partial charge < -0.3 is 23.9 Å². The summed E-state index contributed by atoms with van der Waals surface area (Å²) in [4.78, 5) is 14.4. The minimum atomic E-state index is -0.198. The van der Waals surface area contributed by atoms with Crippen LogP contribution in [0.3, 0.4) is 0 Å². The van der Waals surface area contributed by atoms with Crippen molar-refractivity contribution in [2.45, 2.75) is 11.8 Å². The minimum absolute atomic E-state index is 0.147. The number of morpholine rings is 1. The quantitative estimate of drug-likeness (QED) is 0.670. The normalized spacial score (nSPS) is 14.7. The number of carbonyl (C=O) groups is 1. The number of rotatable bonds is 8. The molecule has 1 saturated heterocycles. The van der Waals surface area contributed by atoms with Gasteiger partial charge in [0.2, 0.25) is 11.8 Å². The van der Waals surface area contributed by atoms with Crippen LogP contribution in [0.15, 0.2) is 27.8 Å². The van der Waals surface area contributed by atoms with Crippen LogP contribution in [0.2, 0.25) is 0 Å². The first kappa shape index (κ1) is 19.5. The largest absolute Gasteiger partial charge is 0.497 e. The summed E-state index contributed by atoms with van der Waals surface area (Å²) in [5.41, 5.74) is 0.572. The van der Waals surface area contributed by atoms with E-state index in [4.69, 9.17) is 18.6 Å². The second-order valence-corrected chi connectivity index (χ2v) is 6.68. The van der Waals surface area contributed by atoms with Crippen molar-refractivity contribution in [2.24, 2.45) is 0 Å². The van der Waals surface area contributed by atoms with Crippen molar-refractivity contribution in [1.82, 2.24) is 15.1 Å². The van der Waals surface area contributed by atoms with Gasteiger partial charge in [-0.3, -0.25) is 9.69 Å². The Kier molecular flexibility index (Phi) is 6.91. The molecule has 10 heteroatoms. The van der Waals surface area contributed by atoms with Crippen LogP contribution >= 0.6 is 11.8 Å². The summed E-state index contributed by atoms with van der Waals surface area (Å²) in [7, 11) is 3.11. The van der Waals surface area contributed by atoms with E-state index < -0.39 is 0 Å². The van der Waals surface area contributed by atoms with E-state index >= 15 is 0 Å². The van der Waals surface area contributed by atoms with Crippen LogP contribution in [0.5, 0.6) is 11.5 Å². The van der Waals surface area contributed by atoms with Crippen LogP contribution in [0, 0.1) is 0 Å². The van der Waals surface area contributed by atoms with Crippen molar-refractivity contribution in [2.75, 3.05) is 51.6 Å². The molecule has 2 heterocycles. The molecule has 1 amide bonds. The standard InChI is InChI=1S/C17H22N4O5S/c1-23-12-3-4-13(14(9-12)24-2)18-15(22)11-27-17-20-19-16(26-17)10-21-5-7-25-8-6-21/h3-4,9H,5-8,10-11H2,1-2H3,(H,18,22). The number of methoxy groups -OCH3 is 2. The van der Waals surface area contributed by atoms with Crippen molar-refractivity contribution < 1.29 is 23.4 Å². The van der Waals surface area contributed by atoms with Crippen molar-refractivity contribution >= 4 is 23.4 Å². The molecule has 1 aliphatic heterocycles. The van der Waals surface area contributed by atoms with Crippen molar-refractivity contribution in [3.05, 3.63) is 24.1 Å². The summed E-state index contributed by atoms with van der Waals surface area (Å²) in [6.45, 7) is 3.70. The van der Waals surface area contributed by atoms with E-state index in [-0.39, 0.29) is 11.7 Å². The number of nitrogens with one attached hydrogen (secondary N) is 1. The zero-order valence-electron chi connectivity index (χ0n) is 15.3. The van der Waals surface area contributed by atoms with E-state index in [0.29, 0.717) is 48.1 Å². The molecule has 146 valence electrons. The summed E-state index contributed by atoms with van der Waals surface area (Å²) in [5.74, 6) is 1.66. The fourth-order valence-corrected chi connectivity index (χ4v) is 3.11. The molecule has 1 aromatic heterocycles. The predicted octanol–water partition coefficient (Wildman–Crippen LogP) is 1.65. The van der Waals surface area contributed by atoms with Gasteiger partial charge in [0.15, 0.2) is 0 Å². The molecule has 1 N–H and O–H groups in total. The number of hydrogen-bond donors (Lipinski definition) is 1. The van der Waals surface area contributed by atoms with Crippen LogP contribution < -0.4 is 14.8 Å². The lowest BCUT2D eigenvalue weighted by atomic mass is 10.2. The van der Waals surface area contributed by atoms with Crippen LogP contribution in [0.1, 0.15) is 5.89 Å². The van der Waals surface area contributed by atoms with Gasteiger partial charge in [0.05, 0.1) is 45.4 Å². The molecule has 0 radical (unpaired) electrons. The summed E-state index contributed by atoms with van der Waals surface area (Å²) in [6.07, 6.45) is 0. The molecule has 3 rings (SSSR count). The lowest BCUT2D eigenvalue weighted by Crippen LogP contribution is -2.35. The average molecular weight is 394 g/mol. The fourth-order valence-electron chi connectivity index (χ4n) is 2.53. The maximum atomic E-state index is 12.2. The molecule has 9 nitrogen and oxygen atoms in total. The first-order chi connectivity index (χ1) is 13.2. The Morgan fingerprint density at radius 2 is 2.07 bits per heavy atom. The highest BCUT2D eigenvalue weighted by molar-refractivity contribution is 7.99. The highest BCUT2D eigenvalue weighted by Crippen LogP contribution is 2.29. The maximum absolute atomic E-state index is 12.2. The Labute approximate surface area is 161 Å². The molecule has 0 saturated carbocycles. The third-order valence-corrected chi connectivity index (χ3v) is 4.74. The Hall–Kier alpha value is -2.30. The van der Waals surface area contributed by atoms with Crippen LogP contribution in [-0.4, -0.2) is 67.3 Å². The Morgan fingerprint density at radius 3 is 2.81 bits per heavy atom. The minimum Gasteiger partial charge on any atom is -0.497 e. The van der Waals surface area contributed by atoms with E-state index in [2.05, 4.69) is 20.4 Å². The van der Waals surface area contributed by atoms with Gasteiger partial charge in [-0.1, -0.05) is 11.8 Å². The number of amides is 1. The average Bonchev–Trinajstić information content (AvgIpc) is 3.15. The number of carbonyl (C=O) groups excluding carboxylic acids is 1. The number of aromatic nitrogens is 2. The van der Waals surface area contributed by atoms with E-state index in [1.807, 2.05) is 0 Å². The number of anilines is 1. The van der Waals surface area contributed by atoms with Gasteiger partial charge in [0, 0.05) is 19.2 Å². The summed E-state index contributed by atoms with van der Waals surface area (Å²) in [5, 5.41) is 11.2. The van der Waals surface area contributed by atoms with Crippen molar-refractivity contribution in [3.63, 3.8) is 0 Å². The summed E-state index contributed by atoms with van der Waals surface area (Å²) < 4.78 is 21.3. The third-order valence-electron chi connectivity index (χ3n) is 3.92.